The standard InChI is InChI=1S/C23H22F3N3O4S/c1-29(11-10-14-8-9-18(32-2)19(12-14)33-3)21(31)17-13-34-22(27-17)28-20(30)15-6-4-5-7-16(15)23(24,25)26/h4-9,12-13H,10-11H2,1-3H3,(H,27,28,30). The van der Waals surface area contributed by atoms with Gasteiger partial charge in [-0.15, -0.1) is 11.3 Å². The predicted molar refractivity (Wildman–Crippen MR) is 122 cm³/mol. The van der Waals surface area contributed by atoms with Crippen LogP contribution in [-0.2, 0) is 12.6 Å². The van der Waals surface area contributed by atoms with Crippen LogP contribution in [0.1, 0.15) is 32.0 Å². The van der Waals surface area contributed by atoms with Crippen molar-refractivity contribution in [2.75, 3.05) is 33.1 Å². The molecule has 34 heavy (non-hydrogen) atoms. The Hall–Kier alpha value is -3.60. The van der Waals surface area contributed by atoms with E-state index in [9.17, 15) is 22.8 Å². The van der Waals surface area contributed by atoms with Gasteiger partial charge in [-0.1, -0.05) is 18.2 Å². The van der Waals surface area contributed by atoms with Gasteiger partial charge in [0.15, 0.2) is 16.6 Å². The number of benzene rings is 2. The molecular formula is C23H22F3N3O4S. The SMILES string of the molecule is COc1ccc(CCN(C)C(=O)c2csc(NC(=O)c3ccccc3C(F)(F)F)n2)cc1OC. The number of ether oxygens (including phenoxy) is 2. The molecule has 2 amide bonds. The molecule has 0 unspecified atom stereocenters. The minimum absolute atomic E-state index is 0.0265. The van der Waals surface area contributed by atoms with Crippen LogP contribution in [-0.4, -0.2) is 49.5 Å². The third-order valence-corrected chi connectivity index (χ3v) is 5.71. The summed E-state index contributed by atoms with van der Waals surface area (Å²) in [6.07, 6.45) is -4.13. The highest BCUT2D eigenvalue weighted by Crippen LogP contribution is 2.32. The molecule has 2 aromatic carbocycles. The predicted octanol–water partition coefficient (Wildman–Crippen LogP) is 4.75. The van der Waals surface area contributed by atoms with E-state index in [1.807, 2.05) is 12.1 Å². The number of amides is 2. The Kier molecular flexibility index (Phi) is 7.77. The largest absolute Gasteiger partial charge is 0.493 e. The molecule has 0 saturated heterocycles. The summed E-state index contributed by atoms with van der Waals surface area (Å²) in [6.45, 7) is 0.381. The normalized spacial score (nSPS) is 11.1. The number of nitrogens with zero attached hydrogens (tertiary/aromatic N) is 2. The van der Waals surface area contributed by atoms with Gasteiger partial charge in [-0.25, -0.2) is 4.98 Å². The second kappa shape index (κ2) is 10.6. The zero-order valence-electron chi connectivity index (χ0n) is 18.6. The van der Waals surface area contributed by atoms with Gasteiger partial charge in [0.25, 0.3) is 11.8 Å². The van der Waals surface area contributed by atoms with Crippen LogP contribution in [0.5, 0.6) is 11.5 Å². The fraction of sp³-hybridized carbons (Fsp3) is 0.261. The highest BCUT2D eigenvalue weighted by molar-refractivity contribution is 7.14. The summed E-state index contributed by atoms with van der Waals surface area (Å²) in [6, 6.07) is 9.94. The number of likely N-dealkylation sites (N-methyl/N-ethyl adjacent to an activating group) is 1. The molecule has 3 aromatic rings. The molecule has 1 heterocycles. The molecule has 0 bridgehead atoms. The van der Waals surface area contributed by atoms with Gasteiger partial charge in [0, 0.05) is 19.0 Å². The lowest BCUT2D eigenvalue weighted by atomic mass is 10.1. The lowest BCUT2D eigenvalue weighted by Crippen LogP contribution is -2.29. The Balaban J connectivity index is 1.63. The van der Waals surface area contributed by atoms with E-state index >= 15 is 0 Å². The first-order valence-corrected chi connectivity index (χ1v) is 10.9. The third-order valence-electron chi connectivity index (χ3n) is 4.95. The van der Waals surface area contributed by atoms with E-state index in [4.69, 9.17) is 9.47 Å². The summed E-state index contributed by atoms with van der Waals surface area (Å²) in [5.41, 5.74) is -0.550. The number of anilines is 1. The second-order valence-electron chi connectivity index (χ2n) is 7.20. The summed E-state index contributed by atoms with van der Waals surface area (Å²) in [7, 11) is 4.70. The molecule has 0 spiro atoms. The van der Waals surface area contributed by atoms with Gasteiger partial charge in [0.1, 0.15) is 5.69 Å². The monoisotopic (exact) mass is 493 g/mol. The Morgan fingerprint density at radius 1 is 1.09 bits per heavy atom. The van der Waals surface area contributed by atoms with Gasteiger partial charge >= 0.3 is 6.18 Å². The van der Waals surface area contributed by atoms with Crippen molar-refractivity contribution in [3.63, 3.8) is 0 Å². The summed E-state index contributed by atoms with van der Waals surface area (Å²) in [5, 5.41) is 3.81. The van der Waals surface area contributed by atoms with Crippen molar-refractivity contribution in [3.8, 4) is 11.5 Å². The molecule has 11 heteroatoms. The minimum Gasteiger partial charge on any atom is -0.493 e. The summed E-state index contributed by atoms with van der Waals surface area (Å²) < 4.78 is 50.0. The van der Waals surface area contributed by atoms with Gasteiger partial charge < -0.3 is 14.4 Å². The van der Waals surface area contributed by atoms with E-state index in [1.165, 1.54) is 29.5 Å². The fourth-order valence-corrected chi connectivity index (χ4v) is 3.83. The maximum Gasteiger partial charge on any atom is 0.417 e. The number of hydrogen-bond donors (Lipinski definition) is 1. The summed E-state index contributed by atoms with van der Waals surface area (Å²) in [5.74, 6) is -0.150. The molecule has 0 aliphatic carbocycles. The fourth-order valence-electron chi connectivity index (χ4n) is 3.15. The molecule has 1 aromatic heterocycles. The van der Waals surface area contributed by atoms with Crippen LogP contribution in [0.3, 0.4) is 0 Å². The number of carbonyl (C=O) groups excluding carboxylic acids is 2. The Labute approximate surface area is 198 Å². The number of nitrogens with one attached hydrogen (secondary N) is 1. The molecular weight excluding hydrogens is 471 g/mol. The Morgan fingerprint density at radius 3 is 2.47 bits per heavy atom. The van der Waals surface area contributed by atoms with Gasteiger partial charge in [-0.3, -0.25) is 14.9 Å². The highest BCUT2D eigenvalue weighted by atomic mass is 32.1. The van der Waals surface area contributed by atoms with E-state index in [1.54, 1.807) is 20.2 Å². The van der Waals surface area contributed by atoms with Crippen molar-refractivity contribution in [2.24, 2.45) is 0 Å². The van der Waals surface area contributed by atoms with Crippen LogP contribution in [0.4, 0.5) is 18.3 Å². The van der Waals surface area contributed by atoms with Gasteiger partial charge in [0.05, 0.1) is 25.3 Å². The number of aromatic nitrogens is 1. The van der Waals surface area contributed by atoms with Gasteiger partial charge in [0.2, 0.25) is 0 Å². The van der Waals surface area contributed by atoms with Gasteiger partial charge in [-0.2, -0.15) is 13.2 Å². The summed E-state index contributed by atoms with van der Waals surface area (Å²) in [4.78, 5) is 30.6. The van der Waals surface area contributed by atoms with Crippen molar-refractivity contribution in [2.45, 2.75) is 12.6 Å². The first kappa shape index (κ1) is 25.0. The molecule has 0 radical (unpaired) electrons. The maximum atomic E-state index is 13.2. The molecule has 180 valence electrons. The molecule has 0 fully saturated rings. The molecule has 7 nitrogen and oxygen atoms in total. The zero-order chi connectivity index (χ0) is 24.9. The van der Waals surface area contributed by atoms with Crippen molar-refractivity contribution in [3.05, 3.63) is 70.2 Å². The van der Waals surface area contributed by atoms with Crippen LogP contribution < -0.4 is 14.8 Å². The maximum absolute atomic E-state index is 13.2. The van der Waals surface area contributed by atoms with Crippen molar-refractivity contribution in [1.82, 2.24) is 9.88 Å². The molecule has 0 aliphatic rings. The Morgan fingerprint density at radius 2 is 1.79 bits per heavy atom. The van der Waals surface area contributed by atoms with E-state index < -0.39 is 23.2 Å². The first-order chi connectivity index (χ1) is 16.1. The van der Waals surface area contributed by atoms with Crippen molar-refractivity contribution >= 4 is 28.3 Å². The molecule has 0 saturated carbocycles. The minimum atomic E-state index is -4.67. The van der Waals surface area contributed by atoms with Gasteiger partial charge in [-0.05, 0) is 36.2 Å². The van der Waals surface area contributed by atoms with Crippen molar-refractivity contribution < 1.29 is 32.2 Å². The highest BCUT2D eigenvalue weighted by Gasteiger charge is 2.35. The topological polar surface area (TPSA) is 80.8 Å². The lowest BCUT2D eigenvalue weighted by Gasteiger charge is -2.16. The number of carbonyl (C=O) groups is 2. The molecule has 1 N–H and O–H groups in total. The average molecular weight is 494 g/mol. The molecule has 3 rings (SSSR count). The number of methoxy groups -OCH3 is 2. The average Bonchev–Trinajstić information content (AvgIpc) is 3.29. The molecule has 0 atom stereocenters. The number of thiazole rings is 1. The van der Waals surface area contributed by atoms with Crippen LogP contribution in [0.2, 0.25) is 0 Å². The van der Waals surface area contributed by atoms with E-state index in [0.717, 1.165) is 29.0 Å². The third kappa shape index (κ3) is 5.84. The van der Waals surface area contributed by atoms with Crippen LogP contribution in [0.25, 0.3) is 0 Å². The number of halogens is 3. The van der Waals surface area contributed by atoms with E-state index in [-0.39, 0.29) is 16.7 Å². The number of rotatable bonds is 8. The Bertz CT molecular complexity index is 1180. The summed E-state index contributed by atoms with van der Waals surface area (Å²) >= 11 is 0.953. The number of alkyl halides is 3. The van der Waals surface area contributed by atoms with Crippen molar-refractivity contribution in [1.29, 1.82) is 0 Å². The first-order valence-electron chi connectivity index (χ1n) is 10.0. The van der Waals surface area contributed by atoms with Crippen LogP contribution in [0.15, 0.2) is 47.8 Å². The lowest BCUT2D eigenvalue weighted by molar-refractivity contribution is -0.137. The quantitative estimate of drug-likeness (QED) is 0.490. The van der Waals surface area contributed by atoms with Crippen LogP contribution >= 0.6 is 11.3 Å². The number of hydrogen-bond acceptors (Lipinski definition) is 6. The second-order valence-corrected chi connectivity index (χ2v) is 8.06. The smallest absolute Gasteiger partial charge is 0.417 e. The molecule has 0 aliphatic heterocycles. The van der Waals surface area contributed by atoms with E-state index in [2.05, 4.69) is 10.3 Å². The van der Waals surface area contributed by atoms with Crippen LogP contribution in [0, 0.1) is 0 Å². The zero-order valence-corrected chi connectivity index (χ0v) is 19.4. The van der Waals surface area contributed by atoms with E-state index in [0.29, 0.717) is 24.5 Å².